The van der Waals surface area contributed by atoms with Crippen molar-refractivity contribution in [1.29, 1.82) is 0 Å². The maximum absolute atomic E-state index is 13.2. The molecular weight excluding hydrogens is 406 g/mol. The Morgan fingerprint density at radius 1 is 1.07 bits per heavy atom. The van der Waals surface area contributed by atoms with E-state index in [0.29, 0.717) is 27.7 Å². The molecule has 0 saturated carbocycles. The summed E-state index contributed by atoms with van der Waals surface area (Å²) in [5, 5.41) is 6.80. The second-order valence-corrected chi connectivity index (χ2v) is 9.44. The number of carbonyl (C=O) groups is 1. The second kappa shape index (κ2) is 6.40. The molecule has 29 heavy (non-hydrogen) atoms. The Kier molecular flexibility index (Phi) is 3.94. The summed E-state index contributed by atoms with van der Waals surface area (Å²) in [6.07, 6.45) is 0. The van der Waals surface area contributed by atoms with Gasteiger partial charge in [0.1, 0.15) is 0 Å². The Morgan fingerprint density at radius 3 is 2.69 bits per heavy atom. The predicted octanol–water partition coefficient (Wildman–Crippen LogP) is 4.64. The van der Waals surface area contributed by atoms with Gasteiger partial charge in [0.05, 0.1) is 15.6 Å². The molecule has 0 atom stereocenters. The molecule has 2 heterocycles. The highest BCUT2D eigenvalue weighted by molar-refractivity contribution is 7.93. The van der Waals surface area contributed by atoms with Crippen LogP contribution in [0.4, 0.5) is 11.4 Å². The minimum Gasteiger partial charge on any atom is -0.321 e. The molecule has 0 aliphatic carbocycles. The van der Waals surface area contributed by atoms with Crippen LogP contribution in [0.3, 0.4) is 0 Å². The van der Waals surface area contributed by atoms with E-state index in [1.54, 1.807) is 53.8 Å². The predicted molar refractivity (Wildman–Crippen MR) is 115 cm³/mol. The van der Waals surface area contributed by atoms with Gasteiger partial charge in [-0.05, 0) is 37.3 Å². The van der Waals surface area contributed by atoms with Gasteiger partial charge in [-0.25, -0.2) is 13.4 Å². The van der Waals surface area contributed by atoms with Crippen molar-refractivity contribution >= 4 is 49.4 Å². The largest absolute Gasteiger partial charge is 0.321 e. The van der Waals surface area contributed by atoms with Crippen molar-refractivity contribution in [3.05, 3.63) is 70.5 Å². The minimum atomic E-state index is -3.86. The second-order valence-electron chi connectivity index (χ2n) is 6.73. The van der Waals surface area contributed by atoms with Gasteiger partial charge >= 0.3 is 0 Å². The van der Waals surface area contributed by atoms with Crippen LogP contribution in [0.1, 0.15) is 15.4 Å². The van der Waals surface area contributed by atoms with E-state index >= 15 is 0 Å². The van der Waals surface area contributed by atoms with Crippen LogP contribution in [0, 0.1) is 6.92 Å². The number of carbonyl (C=O) groups excluding carboxylic acids is 1. The molecule has 1 aromatic heterocycles. The molecule has 0 saturated heterocycles. The number of benzene rings is 3. The van der Waals surface area contributed by atoms with Crippen molar-refractivity contribution in [3.8, 4) is 11.3 Å². The van der Waals surface area contributed by atoms with Crippen LogP contribution >= 0.6 is 11.3 Å². The van der Waals surface area contributed by atoms with E-state index in [1.807, 2.05) is 18.4 Å². The lowest BCUT2D eigenvalue weighted by Crippen LogP contribution is -2.13. The standard InChI is InChI=1S/C21H15N3O3S2/c1-12-22-18(11-28-12)13-4-2-5-14(10-13)24-29(26,27)19-9-8-17-20-15(19)6-3-7-16(20)21(25)23-17/h2-11,24H,1H3,(H,23,25). The molecule has 8 heteroatoms. The van der Waals surface area contributed by atoms with Gasteiger partial charge < -0.3 is 5.32 Å². The molecule has 4 aromatic rings. The number of amides is 1. The molecular formula is C21H15N3O3S2. The van der Waals surface area contributed by atoms with Gasteiger partial charge in [-0.1, -0.05) is 24.3 Å². The van der Waals surface area contributed by atoms with Crippen molar-refractivity contribution < 1.29 is 13.2 Å². The van der Waals surface area contributed by atoms with Crippen LogP contribution in [0.2, 0.25) is 0 Å². The summed E-state index contributed by atoms with van der Waals surface area (Å²) in [6.45, 7) is 1.93. The first-order chi connectivity index (χ1) is 13.9. The Bertz CT molecular complexity index is 1410. The first-order valence-electron chi connectivity index (χ1n) is 8.85. The molecule has 0 fully saturated rings. The lowest BCUT2D eigenvalue weighted by Gasteiger charge is -2.12. The fraction of sp³-hybridized carbons (Fsp3) is 0.0476. The van der Waals surface area contributed by atoms with Gasteiger partial charge in [-0.3, -0.25) is 9.52 Å². The summed E-state index contributed by atoms with van der Waals surface area (Å²) in [4.78, 5) is 16.7. The monoisotopic (exact) mass is 421 g/mol. The molecule has 6 nitrogen and oxygen atoms in total. The molecule has 1 amide bonds. The van der Waals surface area contributed by atoms with Gasteiger partial charge in [-0.2, -0.15) is 0 Å². The normalized spacial score (nSPS) is 12.9. The summed E-state index contributed by atoms with van der Waals surface area (Å²) in [6, 6.07) is 15.4. The van der Waals surface area contributed by atoms with Crippen molar-refractivity contribution in [2.24, 2.45) is 0 Å². The Labute approximate surface area is 171 Å². The molecule has 5 rings (SSSR count). The number of nitrogens with one attached hydrogen (secondary N) is 2. The molecule has 1 aliphatic rings. The number of hydrogen-bond donors (Lipinski definition) is 2. The van der Waals surface area contributed by atoms with Gasteiger partial charge in [0, 0.05) is 38.7 Å². The highest BCUT2D eigenvalue weighted by atomic mass is 32.2. The third kappa shape index (κ3) is 2.97. The zero-order valence-electron chi connectivity index (χ0n) is 15.3. The Hall–Kier alpha value is -3.23. The van der Waals surface area contributed by atoms with E-state index in [9.17, 15) is 13.2 Å². The smallest absolute Gasteiger partial charge is 0.262 e. The summed E-state index contributed by atoms with van der Waals surface area (Å²) < 4.78 is 29.0. The lowest BCUT2D eigenvalue weighted by atomic mass is 10.1. The van der Waals surface area contributed by atoms with Crippen molar-refractivity contribution in [1.82, 2.24) is 4.98 Å². The number of thiazole rings is 1. The van der Waals surface area contributed by atoms with Crippen molar-refractivity contribution in [2.75, 3.05) is 10.0 Å². The molecule has 3 aromatic carbocycles. The molecule has 1 aliphatic heterocycles. The van der Waals surface area contributed by atoms with Crippen molar-refractivity contribution in [2.45, 2.75) is 11.8 Å². The fourth-order valence-electron chi connectivity index (χ4n) is 3.55. The van der Waals surface area contributed by atoms with Crippen LogP contribution in [-0.2, 0) is 10.0 Å². The quantitative estimate of drug-likeness (QED) is 0.503. The number of rotatable bonds is 4. The minimum absolute atomic E-state index is 0.129. The van der Waals surface area contributed by atoms with E-state index in [2.05, 4.69) is 15.0 Å². The zero-order chi connectivity index (χ0) is 20.2. The average molecular weight is 422 g/mol. The number of aryl methyl sites for hydroxylation is 1. The van der Waals surface area contributed by atoms with Gasteiger partial charge in [-0.15, -0.1) is 11.3 Å². The maximum atomic E-state index is 13.2. The summed E-state index contributed by atoms with van der Waals surface area (Å²) >= 11 is 1.54. The van der Waals surface area contributed by atoms with Crippen molar-refractivity contribution in [3.63, 3.8) is 0 Å². The Balaban J connectivity index is 1.57. The highest BCUT2D eigenvalue weighted by Crippen LogP contribution is 2.37. The molecule has 0 spiro atoms. The third-order valence-corrected chi connectivity index (χ3v) is 7.03. The maximum Gasteiger partial charge on any atom is 0.262 e. The van der Waals surface area contributed by atoms with Gasteiger partial charge in [0.2, 0.25) is 0 Å². The third-order valence-electron chi connectivity index (χ3n) is 4.81. The molecule has 0 bridgehead atoms. The van der Waals surface area contributed by atoms with E-state index in [4.69, 9.17) is 0 Å². The van der Waals surface area contributed by atoms with Crippen LogP contribution < -0.4 is 10.0 Å². The first kappa shape index (κ1) is 17.8. The fourth-order valence-corrected chi connectivity index (χ4v) is 5.42. The SMILES string of the molecule is Cc1nc(-c2cccc(NS(=O)(=O)c3ccc4c5c(cccc35)C(=O)N4)c2)cs1. The summed E-state index contributed by atoms with van der Waals surface area (Å²) in [5.74, 6) is -0.223. The summed E-state index contributed by atoms with van der Waals surface area (Å²) in [7, 11) is -3.86. The van der Waals surface area contributed by atoms with E-state index in [-0.39, 0.29) is 10.8 Å². The van der Waals surface area contributed by atoms with Crippen LogP contribution in [0.5, 0.6) is 0 Å². The van der Waals surface area contributed by atoms with Crippen LogP contribution in [0.15, 0.2) is 64.9 Å². The van der Waals surface area contributed by atoms with E-state index in [1.165, 1.54) is 6.07 Å². The zero-order valence-corrected chi connectivity index (χ0v) is 16.9. The van der Waals surface area contributed by atoms with Crippen LogP contribution in [-0.4, -0.2) is 19.3 Å². The average Bonchev–Trinajstić information content (AvgIpc) is 3.27. The van der Waals surface area contributed by atoms with Crippen LogP contribution in [0.25, 0.3) is 22.0 Å². The number of sulfonamides is 1. The molecule has 2 N–H and O–H groups in total. The Morgan fingerprint density at radius 2 is 1.90 bits per heavy atom. The number of hydrogen-bond acceptors (Lipinski definition) is 5. The molecule has 0 unspecified atom stereocenters. The van der Waals surface area contributed by atoms with E-state index in [0.717, 1.165) is 16.3 Å². The number of aromatic nitrogens is 1. The van der Waals surface area contributed by atoms with E-state index < -0.39 is 10.0 Å². The number of anilines is 2. The van der Waals surface area contributed by atoms with Gasteiger partial charge in [0.25, 0.3) is 15.9 Å². The molecule has 0 radical (unpaired) electrons. The molecule has 144 valence electrons. The lowest BCUT2D eigenvalue weighted by molar-refractivity contribution is 0.103. The summed E-state index contributed by atoms with van der Waals surface area (Å²) in [5.41, 5.74) is 3.20. The van der Waals surface area contributed by atoms with Gasteiger partial charge in [0.15, 0.2) is 0 Å². The first-order valence-corrected chi connectivity index (χ1v) is 11.2. The number of nitrogens with zero attached hydrogens (tertiary/aromatic N) is 1. The highest BCUT2D eigenvalue weighted by Gasteiger charge is 2.26. The topological polar surface area (TPSA) is 88.2 Å².